The Morgan fingerprint density at radius 3 is 2.38 bits per heavy atom. The molecule has 0 unspecified atom stereocenters. The highest BCUT2D eigenvalue weighted by atomic mass is 35.5. The third-order valence-corrected chi connectivity index (χ3v) is 4.62. The van der Waals surface area contributed by atoms with E-state index in [0.29, 0.717) is 22.7 Å². The van der Waals surface area contributed by atoms with E-state index in [9.17, 15) is 4.39 Å². The van der Waals surface area contributed by atoms with Crippen LogP contribution < -0.4 is 5.32 Å². The van der Waals surface area contributed by atoms with Crippen LogP contribution in [0.1, 0.15) is 37.2 Å². The van der Waals surface area contributed by atoms with E-state index in [1.807, 2.05) is 0 Å². The minimum atomic E-state index is -0.250. The molecule has 0 radical (unpaired) electrons. The lowest BCUT2D eigenvalue weighted by Gasteiger charge is -2.30. The Hall–Kier alpha value is -1.54. The second kappa shape index (κ2) is 6.48. The standard InChI is InChI=1S/C18H19ClFN/c19-17-11-8-15(20)12-18(17)21-16-9-6-14(7-10-16)13-4-2-1-3-5-13/h1-5,8,11-12,14,16,21H,6-7,9-10H2. The first kappa shape index (κ1) is 14.4. The molecular formula is C18H19ClFN. The molecule has 3 rings (SSSR count). The van der Waals surface area contributed by atoms with Gasteiger partial charge < -0.3 is 5.32 Å². The van der Waals surface area contributed by atoms with E-state index < -0.39 is 0 Å². The van der Waals surface area contributed by atoms with Crippen LogP contribution in [0, 0.1) is 5.82 Å². The summed E-state index contributed by atoms with van der Waals surface area (Å²) in [7, 11) is 0. The van der Waals surface area contributed by atoms with Crippen molar-refractivity contribution in [3.8, 4) is 0 Å². The number of rotatable bonds is 3. The van der Waals surface area contributed by atoms with Crippen LogP contribution in [0.15, 0.2) is 48.5 Å². The molecule has 1 fully saturated rings. The fraction of sp³-hybridized carbons (Fsp3) is 0.333. The van der Waals surface area contributed by atoms with E-state index in [4.69, 9.17) is 11.6 Å². The van der Waals surface area contributed by atoms with Crippen LogP contribution in [0.25, 0.3) is 0 Å². The molecule has 21 heavy (non-hydrogen) atoms. The molecule has 2 aromatic carbocycles. The summed E-state index contributed by atoms with van der Waals surface area (Å²) in [6.45, 7) is 0. The minimum absolute atomic E-state index is 0.250. The lowest BCUT2D eigenvalue weighted by atomic mass is 9.82. The van der Waals surface area contributed by atoms with Gasteiger partial charge in [0.1, 0.15) is 5.82 Å². The molecule has 0 atom stereocenters. The van der Waals surface area contributed by atoms with Crippen LogP contribution in [0.4, 0.5) is 10.1 Å². The first-order valence-electron chi connectivity index (χ1n) is 7.49. The van der Waals surface area contributed by atoms with E-state index in [0.717, 1.165) is 25.7 Å². The zero-order valence-electron chi connectivity index (χ0n) is 11.9. The van der Waals surface area contributed by atoms with Crippen molar-refractivity contribution in [2.45, 2.75) is 37.6 Å². The van der Waals surface area contributed by atoms with Crippen molar-refractivity contribution in [1.82, 2.24) is 0 Å². The first-order valence-corrected chi connectivity index (χ1v) is 7.86. The molecule has 1 aliphatic rings. The van der Waals surface area contributed by atoms with Gasteiger partial charge in [0.25, 0.3) is 0 Å². The minimum Gasteiger partial charge on any atom is -0.381 e. The molecule has 1 aliphatic carbocycles. The number of halogens is 2. The van der Waals surface area contributed by atoms with Crippen LogP contribution in [-0.2, 0) is 0 Å². The van der Waals surface area contributed by atoms with E-state index >= 15 is 0 Å². The van der Waals surface area contributed by atoms with Crippen LogP contribution in [-0.4, -0.2) is 6.04 Å². The molecule has 0 aliphatic heterocycles. The molecule has 3 heteroatoms. The molecule has 0 heterocycles. The third-order valence-electron chi connectivity index (χ3n) is 4.29. The summed E-state index contributed by atoms with van der Waals surface area (Å²) in [6, 6.07) is 15.5. The second-order valence-electron chi connectivity index (χ2n) is 5.73. The molecule has 0 bridgehead atoms. The lowest BCUT2D eigenvalue weighted by molar-refractivity contribution is 0.412. The summed E-state index contributed by atoms with van der Waals surface area (Å²) in [4.78, 5) is 0. The zero-order chi connectivity index (χ0) is 14.7. The Morgan fingerprint density at radius 1 is 0.952 bits per heavy atom. The van der Waals surface area contributed by atoms with Crippen molar-refractivity contribution in [3.05, 3.63) is 64.9 Å². The van der Waals surface area contributed by atoms with Crippen molar-refractivity contribution >= 4 is 17.3 Å². The monoisotopic (exact) mass is 303 g/mol. The van der Waals surface area contributed by atoms with Gasteiger partial charge in [0, 0.05) is 6.04 Å². The van der Waals surface area contributed by atoms with Gasteiger partial charge in [-0.25, -0.2) is 4.39 Å². The van der Waals surface area contributed by atoms with Gasteiger partial charge in [-0.15, -0.1) is 0 Å². The topological polar surface area (TPSA) is 12.0 Å². The summed E-state index contributed by atoms with van der Waals surface area (Å²) in [5, 5.41) is 3.97. The quantitative estimate of drug-likeness (QED) is 0.776. The van der Waals surface area contributed by atoms with Crippen molar-refractivity contribution in [2.24, 2.45) is 0 Å². The van der Waals surface area contributed by atoms with Crippen LogP contribution >= 0.6 is 11.6 Å². The fourth-order valence-corrected chi connectivity index (χ4v) is 3.30. The number of anilines is 1. The Kier molecular flexibility index (Phi) is 4.45. The lowest BCUT2D eigenvalue weighted by Crippen LogP contribution is -2.25. The maximum Gasteiger partial charge on any atom is 0.125 e. The summed E-state index contributed by atoms with van der Waals surface area (Å²) in [6.07, 6.45) is 4.50. The molecule has 2 aromatic rings. The van der Waals surface area contributed by atoms with Gasteiger partial charge in [-0.3, -0.25) is 0 Å². The van der Waals surface area contributed by atoms with Crippen LogP contribution in [0.2, 0.25) is 5.02 Å². The summed E-state index contributed by atoms with van der Waals surface area (Å²) in [5.74, 6) is 0.395. The number of benzene rings is 2. The SMILES string of the molecule is Fc1ccc(Cl)c(NC2CCC(c3ccccc3)CC2)c1. The van der Waals surface area contributed by atoms with Gasteiger partial charge >= 0.3 is 0 Å². The Morgan fingerprint density at radius 2 is 1.67 bits per heavy atom. The van der Waals surface area contributed by atoms with Gasteiger partial charge in [0.2, 0.25) is 0 Å². The molecule has 1 N–H and O–H groups in total. The van der Waals surface area contributed by atoms with Gasteiger partial charge in [-0.05, 0) is 55.4 Å². The normalized spacial score (nSPS) is 22.0. The average molecular weight is 304 g/mol. The average Bonchev–Trinajstić information content (AvgIpc) is 2.53. The van der Waals surface area contributed by atoms with Crippen molar-refractivity contribution < 1.29 is 4.39 Å². The molecule has 0 saturated heterocycles. The highest BCUT2D eigenvalue weighted by molar-refractivity contribution is 6.33. The second-order valence-corrected chi connectivity index (χ2v) is 6.13. The molecule has 110 valence electrons. The smallest absolute Gasteiger partial charge is 0.125 e. The molecular weight excluding hydrogens is 285 g/mol. The van der Waals surface area contributed by atoms with Crippen molar-refractivity contribution in [2.75, 3.05) is 5.32 Å². The van der Waals surface area contributed by atoms with Crippen LogP contribution in [0.3, 0.4) is 0 Å². The third kappa shape index (κ3) is 3.56. The predicted molar refractivity (Wildman–Crippen MR) is 86.5 cm³/mol. The highest BCUT2D eigenvalue weighted by Crippen LogP contribution is 2.34. The summed E-state index contributed by atoms with van der Waals surface area (Å²) >= 11 is 6.11. The van der Waals surface area contributed by atoms with E-state index in [2.05, 4.69) is 35.6 Å². The van der Waals surface area contributed by atoms with E-state index in [1.54, 1.807) is 6.07 Å². The Labute approximate surface area is 130 Å². The maximum atomic E-state index is 13.3. The number of hydrogen-bond acceptors (Lipinski definition) is 1. The van der Waals surface area contributed by atoms with Crippen molar-refractivity contribution in [3.63, 3.8) is 0 Å². The predicted octanol–water partition coefficient (Wildman–Crippen LogP) is 5.62. The zero-order valence-corrected chi connectivity index (χ0v) is 12.6. The van der Waals surface area contributed by atoms with Gasteiger partial charge in [-0.2, -0.15) is 0 Å². The largest absolute Gasteiger partial charge is 0.381 e. The Bertz CT molecular complexity index is 591. The molecule has 1 saturated carbocycles. The molecule has 1 nitrogen and oxygen atoms in total. The molecule has 0 amide bonds. The Balaban J connectivity index is 1.60. The molecule has 0 aromatic heterocycles. The highest BCUT2D eigenvalue weighted by Gasteiger charge is 2.22. The van der Waals surface area contributed by atoms with Gasteiger partial charge in [0.15, 0.2) is 0 Å². The first-order chi connectivity index (χ1) is 10.2. The maximum absolute atomic E-state index is 13.3. The van der Waals surface area contributed by atoms with E-state index in [1.165, 1.54) is 17.7 Å². The summed E-state index contributed by atoms with van der Waals surface area (Å²) < 4.78 is 13.3. The molecule has 0 spiro atoms. The number of hydrogen-bond donors (Lipinski definition) is 1. The van der Waals surface area contributed by atoms with Crippen LogP contribution in [0.5, 0.6) is 0 Å². The number of nitrogens with one attached hydrogen (secondary N) is 1. The van der Waals surface area contributed by atoms with E-state index in [-0.39, 0.29) is 5.82 Å². The van der Waals surface area contributed by atoms with Gasteiger partial charge in [-0.1, -0.05) is 41.9 Å². The van der Waals surface area contributed by atoms with Gasteiger partial charge in [0.05, 0.1) is 10.7 Å². The fourth-order valence-electron chi connectivity index (χ4n) is 3.12. The van der Waals surface area contributed by atoms with Crippen molar-refractivity contribution in [1.29, 1.82) is 0 Å². The summed E-state index contributed by atoms with van der Waals surface area (Å²) in [5.41, 5.74) is 2.14.